The number of benzene rings is 16. The molecule has 18 rings (SSSR count). The molecule has 91 heavy (non-hydrogen) atoms. The van der Waals surface area contributed by atoms with Crippen LogP contribution in [0.4, 0.5) is 17.1 Å². The van der Waals surface area contributed by atoms with Gasteiger partial charge < -0.3 is 9.47 Å². The Morgan fingerprint density at radius 3 is 1.27 bits per heavy atom. The number of anilines is 3. The maximum Gasteiger partial charge on any atom is 0.0714 e. The Labute approximate surface area is 529 Å². The zero-order valence-electron chi connectivity index (χ0n) is 49.9. The van der Waals surface area contributed by atoms with Gasteiger partial charge in [0.25, 0.3) is 0 Å². The molecule has 2 heteroatoms. The second-order valence-corrected chi connectivity index (χ2v) is 24.3. The third kappa shape index (κ3) is 8.41. The molecule has 0 bridgehead atoms. The topological polar surface area (TPSA) is 8.17 Å². The van der Waals surface area contributed by atoms with Gasteiger partial charge in [0.2, 0.25) is 0 Å². The van der Waals surface area contributed by atoms with Gasteiger partial charge in [-0.2, -0.15) is 0 Å². The summed E-state index contributed by atoms with van der Waals surface area (Å²) >= 11 is 0. The summed E-state index contributed by atoms with van der Waals surface area (Å²) in [7, 11) is 0. The Bertz CT molecular complexity index is 5610. The summed E-state index contributed by atoms with van der Waals surface area (Å²) in [4.78, 5) is 2.44. The van der Waals surface area contributed by atoms with E-state index in [1.54, 1.807) is 0 Å². The molecule has 2 nitrogen and oxygen atoms in total. The van der Waals surface area contributed by atoms with E-state index in [9.17, 15) is 0 Å². The minimum atomic E-state index is -0.543. The number of aromatic nitrogens is 1. The molecular weight excluding hydrogens is 1100 g/mol. The smallest absolute Gasteiger partial charge is 0.0714 e. The molecule has 0 saturated carbocycles. The highest BCUT2D eigenvalue weighted by atomic mass is 15.1. The van der Waals surface area contributed by atoms with E-state index in [4.69, 9.17) is 0 Å². The Morgan fingerprint density at radius 1 is 0.220 bits per heavy atom. The first-order valence-electron chi connectivity index (χ1n) is 31.5. The van der Waals surface area contributed by atoms with Crippen molar-refractivity contribution in [2.24, 2.45) is 0 Å². The van der Waals surface area contributed by atoms with Crippen molar-refractivity contribution in [3.63, 3.8) is 0 Å². The summed E-state index contributed by atoms with van der Waals surface area (Å²) in [6.07, 6.45) is 0. The zero-order valence-corrected chi connectivity index (χ0v) is 49.9. The van der Waals surface area contributed by atoms with Crippen molar-refractivity contribution >= 4 is 82.0 Å². The number of para-hydroxylation sites is 1. The number of fused-ring (bicyclic) bond motifs is 13. The van der Waals surface area contributed by atoms with Crippen molar-refractivity contribution in [2.75, 3.05) is 4.90 Å². The van der Waals surface area contributed by atoms with Crippen LogP contribution < -0.4 is 4.90 Å². The van der Waals surface area contributed by atoms with Crippen LogP contribution in [0.5, 0.6) is 0 Å². The summed E-state index contributed by atoms with van der Waals surface area (Å²) in [6.45, 7) is 0. The third-order valence-electron chi connectivity index (χ3n) is 19.4. The van der Waals surface area contributed by atoms with E-state index in [1.165, 1.54) is 121 Å². The van der Waals surface area contributed by atoms with E-state index in [0.29, 0.717) is 0 Å². The van der Waals surface area contributed by atoms with Crippen LogP contribution in [0.15, 0.2) is 352 Å². The lowest BCUT2D eigenvalue weighted by atomic mass is 9.67. The molecule has 1 aliphatic carbocycles. The van der Waals surface area contributed by atoms with Crippen molar-refractivity contribution in [2.45, 2.75) is 5.41 Å². The summed E-state index contributed by atoms with van der Waals surface area (Å²) in [5.41, 5.74) is 23.1. The van der Waals surface area contributed by atoms with Gasteiger partial charge in [-0.15, -0.1) is 0 Å². The summed E-state index contributed by atoms with van der Waals surface area (Å²) in [6, 6.07) is 131. The van der Waals surface area contributed by atoms with Crippen LogP contribution in [0.25, 0.3) is 126 Å². The first-order chi connectivity index (χ1) is 45.1. The fraction of sp³-hybridized carbons (Fsp3) is 0.0112. The van der Waals surface area contributed by atoms with Gasteiger partial charge >= 0.3 is 0 Å². The highest BCUT2D eigenvalue weighted by Gasteiger charge is 2.46. The van der Waals surface area contributed by atoms with Crippen molar-refractivity contribution in [3.8, 4) is 61.3 Å². The molecule has 17 aromatic rings. The van der Waals surface area contributed by atoms with Gasteiger partial charge in [-0.05, 0) is 194 Å². The molecule has 0 unspecified atom stereocenters. The molecule has 1 aromatic heterocycles. The molecule has 0 radical (unpaired) electrons. The van der Waals surface area contributed by atoms with Crippen molar-refractivity contribution < 1.29 is 0 Å². The largest absolute Gasteiger partial charge is 0.310 e. The molecule has 0 aliphatic heterocycles. The van der Waals surface area contributed by atoms with E-state index in [2.05, 4.69) is 361 Å². The average molecular weight is 1160 g/mol. The first-order valence-corrected chi connectivity index (χ1v) is 31.5. The lowest BCUT2D eigenvalue weighted by Gasteiger charge is -2.35. The predicted molar refractivity (Wildman–Crippen MR) is 385 cm³/mol. The van der Waals surface area contributed by atoms with E-state index in [1.807, 2.05) is 0 Å². The molecule has 0 saturated heterocycles. The standard InChI is InChI=1S/C89H58N2/c1-4-20-59(21-5-1)61-38-45-70(46-39-61)90(72-49-51-80-79-33-16-18-34-84(79)89(85(80)58-72,68-24-6-2-7-25-68)69-26-8-3-9-27-69)71-47-40-62(41-48-71)65-43-52-87-82(55-65)83-56-66(64-37-36-60-22-10-11-23-63(60)54-64)44-53-88(83)91(87)86-35-19-17-28-73(86)67-42-50-78-76-31-13-12-29-74(76)75-30-14-15-32-77(75)81(78)57-67/h1-58H. The highest BCUT2D eigenvalue weighted by molar-refractivity contribution is 6.26. The summed E-state index contributed by atoms with van der Waals surface area (Å²) < 4.78 is 2.50. The van der Waals surface area contributed by atoms with E-state index in [-0.39, 0.29) is 0 Å². The van der Waals surface area contributed by atoms with Gasteiger partial charge in [-0.1, -0.05) is 273 Å². The Hall–Kier alpha value is -11.8. The van der Waals surface area contributed by atoms with Crippen LogP contribution >= 0.6 is 0 Å². The Kier molecular flexibility index (Phi) is 12.2. The third-order valence-corrected chi connectivity index (χ3v) is 19.4. The van der Waals surface area contributed by atoms with E-state index < -0.39 is 5.41 Å². The van der Waals surface area contributed by atoms with Crippen molar-refractivity contribution in [3.05, 3.63) is 374 Å². The van der Waals surface area contributed by atoms with Crippen LogP contribution in [0.1, 0.15) is 22.3 Å². The van der Waals surface area contributed by atoms with Gasteiger partial charge in [-0.25, -0.2) is 0 Å². The lowest BCUT2D eigenvalue weighted by molar-refractivity contribution is 0.768. The minimum Gasteiger partial charge on any atom is -0.310 e. The molecule has 0 atom stereocenters. The maximum atomic E-state index is 2.50. The van der Waals surface area contributed by atoms with Gasteiger partial charge in [0.15, 0.2) is 0 Å². The molecule has 0 fully saturated rings. The monoisotopic (exact) mass is 1150 g/mol. The molecule has 1 heterocycles. The highest BCUT2D eigenvalue weighted by Crippen LogP contribution is 2.57. The molecular formula is C89H58N2. The quantitative estimate of drug-likeness (QED) is 0.124. The zero-order chi connectivity index (χ0) is 60.0. The lowest BCUT2D eigenvalue weighted by Crippen LogP contribution is -2.28. The number of hydrogen-bond acceptors (Lipinski definition) is 1. The molecule has 0 N–H and O–H groups in total. The molecule has 0 amide bonds. The molecule has 0 spiro atoms. The number of hydrogen-bond donors (Lipinski definition) is 0. The van der Waals surface area contributed by atoms with Gasteiger partial charge in [0, 0.05) is 33.4 Å². The summed E-state index contributed by atoms with van der Waals surface area (Å²) in [5, 5.41) is 12.5. The predicted octanol–water partition coefficient (Wildman–Crippen LogP) is 23.9. The van der Waals surface area contributed by atoms with Gasteiger partial charge in [0.05, 0.1) is 22.1 Å². The first kappa shape index (κ1) is 52.3. The Morgan fingerprint density at radius 2 is 0.637 bits per heavy atom. The SMILES string of the molecule is c1ccc(-c2ccc(N(c3ccc(-c4ccc5c(c4)c4cc(-c6ccc7ccccc7c6)ccc4n5-c4ccccc4-c4ccc5c6ccccc6c6ccccc6c5c4)cc3)c3ccc4c(c3)C(c3ccccc3)(c3ccccc3)c3ccccc3-4)cc2)cc1. The second-order valence-electron chi connectivity index (χ2n) is 24.3. The maximum absolute atomic E-state index is 2.50. The van der Waals surface area contributed by atoms with Crippen LogP contribution in [-0.2, 0) is 5.41 Å². The van der Waals surface area contributed by atoms with Crippen LogP contribution in [-0.4, -0.2) is 4.57 Å². The van der Waals surface area contributed by atoms with Crippen molar-refractivity contribution in [1.29, 1.82) is 0 Å². The fourth-order valence-corrected chi connectivity index (χ4v) is 15.3. The number of nitrogens with zero attached hydrogens (tertiary/aromatic N) is 2. The van der Waals surface area contributed by atoms with Crippen molar-refractivity contribution in [1.82, 2.24) is 4.57 Å². The normalized spacial score (nSPS) is 12.5. The van der Waals surface area contributed by atoms with E-state index in [0.717, 1.165) is 44.9 Å². The van der Waals surface area contributed by atoms with Crippen LogP contribution in [0, 0.1) is 0 Å². The minimum absolute atomic E-state index is 0.543. The van der Waals surface area contributed by atoms with Gasteiger partial charge in [-0.3, -0.25) is 0 Å². The average Bonchev–Trinajstić information content (AvgIpc) is 1.64. The Balaban J connectivity index is 0.793. The molecule has 424 valence electrons. The second kappa shape index (κ2) is 21.2. The summed E-state index contributed by atoms with van der Waals surface area (Å²) in [5.74, 6) is 0. The molecule has 1 aliphatic rings. The van der Waals surface area contributed by atoms with E-state index >= 15 is 0 Å². The molecule has 16 aromatic carbocycles. The number of rotatable bonds is 10. The van der Waals surface area contributed by atoms with Crippen LogP contribution in [0.3, 0.4) is 0 Å². The van der Waals surface area contributed by atoms with Gasteiger partial charge in [0.1, 0.15) is 0 Å². The van der Waals surface area contributed by atoms with Crippen LogP contribution in [0.2, 0.25) is 0 Å². The fourth-order valence-electron chi connectivity index (χ4n) is 15.3.